The summed E-state index contributed by atoms with van der Waals surface area (Å²) in [6.45, 7) is 0.295. The van der Waals surface area contributed by atoms with E-state index in [9.17, 15) is 9.18 Å². The molecule has 0 bridgehead atoms. The van der Waals surface area contributed by atoms with Crippen molar-refractivity contribution in [1.82, 2.24) is 25.0 Å². The number of hydrogen-bond donors (Lipinski definition) is 1. The van der Waals surface area contributed by atoms with Crippen molar-refractivity contribution in [3.05, 3.63) is 47.0 Å². The van der Waals surface area contributed by atoms with Crippen molar-refractivity contribution in [2.75, 3.05) is 11.1 Å². The number of nitrogens with one attached hydrogen (secondary N) is 1. The number of thioether (sulfide) groups is 1. The molecule has 1 aromatic carbocycles. The Morgan fingerprint density at radius 1 is 1.42 bits per heavy atom. The number of benzene rings is 1. The summed E-state index contributed by atoms with van der Waals surface area (Å²) in [6, 6.07) is 4.39. The average Bonchev–Trinajstić information content (AvgIpc) is 3.20. The highest BCUT2D eigenvalue weighted by Crippen LogP contribution is 2.21. The summed E-state index contributed by atoms with van der Waals surface area (Å²) in [5.74, 6) is -0.532. The molecule has 1 amide bonds. The molecular formula is C13H10BrFN6O2S. The lowest BCUT2D eigenvalue weighted by Crippen LogP contribution is -2.15. The maximum Gasteiger partial charge on any atom is 0.277 e. The second-order valence-electron chi connectivity index (χ2n) is 4.52. The van der Waals surface area contributed by atoms with Gasteiger partial charge in [-0.1, -0.05) is 27.7 Å². The maximum atomic E-state index is 13.7. The number of carbonyl (C=O) groups is 1. The number of carbonyl (C=O) groups excluding carboxylic acids is 1. The predicted molar refractivity (Wildman–Crippen MR) is 86.9 cm³/mol. The standard InChI is InChI=1S/C13H10BrFN6O2S/c14-8-1-2-10(9(15)3-8)18-11(22)5-24-13-20-19-12(23-13)4-21-7-16-6-17-21/h1-3,6-7H,4-5H2,(H,18,22). The van der Waals surface area contributed by atoms with E-state index in [1.807, 2.05) is 0 Å². The van der Waals surface area contributed by atoms with Gasteiger partial charge in [-0.25, -0.2) is 14.1 Å². The molecule has 0 saturated heterocycles. The number of aromatic nitrogens is 5. The summed E-state index contributed by atoms with van der Waals surface area (Å²) >= 11 is 4.21. The molecule has 0 aliphatic heterocycles. The third-order valence-corrected chi connectivity index (χ3v) is 4.06. The quantitative estimate of drug-likeness (QED) is 0.620. The minimum Gasteiger partial charge on any atom is -0.414 e. The van der Waals surface area contributed by atoms with Gasteiger partial charge in [0.1, 0.15) is 25.0 Å². The van der Waals surface area contributed by atoms with Crippen LogP contribution in [-0.2, 0) is 11.3 Å². The molecule has 8 nitrogen and oxygen atoms in total. The highest BCUT2D eigenvalue weighted by molar-refractivity contribution is 9.10. The van der Waals surface area contributed by atoms with Crippen LogP contribution in [0.4, 0.5) is 10.1 Å². The van der Waals surface area contributed by atoms with Gasteiger partial charge in [0, 0.05) is 4.47 Å². The fourth-order valence-corrected chi connectivity index (χ4v) is 2.63. The maximum absolute atomic E-state index is 13.7. The van der Waals surface area contributed by atoms with Gasteiger partial charge in [0.05, 0.1) is 11.4 Å². The molecule has 0 radical (unpaired) electrons. The van der Waals surface area contributed by atoms with Crippen LogP contribution < -0.4 is 5.32 Å². The zero-order valence-corrected chi connectivity index (χ0v) is 14.4. The fourth-order valence-electron chi connectivity index (χ4n) is 1.72. The van der Waals surface area contributed by atoms with Gasteiger partial charge in [-0.15, -0.1) is 10.2 Å². The molecule has 0 spiro atoms. The molecule has 3 aromatic rings. The highest BCUT2D eigenvalue weighted by atomic mass is 79.9. The normalized spacial score (nSPS) is 10.8. The third-order valence-electron chi connectivity index (χ3n) is 2.74. The first-order valence-electron chi connectivity index (χ1n) is 6.62. The van der Waals surface area contributed by atoms with Gasteiger partial charge in [-0.2, -0.15) is 5.10 Å². The van der Waals surface area contributed by atoms with Gasteiger partial charge in [-0.05, 0) is 18.2 Å². The van der Waals surface area contributed by atoms with E-state index in [1.54, 1.807) is 6.07 Å². The molecule has 2 aromatic heterocycles. The van der Waals surface area contributed by atoms with Crippen LogP contribution in [0.2, 0.25) is 0 Å². The van der Waals surface area contributed by atoms with E-state index in [1.165, 1.54) is 29.5 Å². The second kappa shape index (κ2) is 7.53. The number of amides is 1. The van der Waals surface area contributed by atoms with Gasteiger partial charge in [0.15, 0.2) is 0 Å². The Balaban J connectivity index is 1.52. The Morgan fingerprint density at radius 3 is 3.04 bits per heavy atom. The number of nitrogens with zero attached hydrogens (tertiary/aromatic N) is 5. The van der Waals surface area contributed by atoms with Crippen molar-refractivity contribution >= 4 is 39.3 Å². The predicted octanol–water partition coefficient (Wildman–Crippen LogP) is 2.34. The molecule has 11 heteroatoms. The van der Waals surface area contributed by atoms with Crippen LogP contribution >= 0.6 is 27.7 Å². The van der Waals surface area contributed by atoms with E-state index in [4.69, 9.17) is 4.42 Å². The Morgan fingerprint density at radius 2 is 2.29 bits per heavy atom. The van der Waals surface area contributed by atoms with Gasteiger partial charge in [0.25, 0.3) is 5.22 Å². The van der Waals surface area contributed by atoms with Gasteiger partial charge >= 0.3 is 0 Å². The molecule has 124 valence electrons. The SMILES string of the molecule is O=C(CSc1nnc(Cn2cncn2)o1)Nc1ccc(Br)cc1F. The van der Waals surface area contributed by atoms with Crippen molar-refractivity contribution < 1.29 is 13.6 Å². The smallest absolute Gasteiger partial charge is 0.277 e. The summed E-state index contributed by atoms with van der Waals surface area (Å²) < 4.78 is 21.2. The molecule has 0 saturated carbocycles. The van der Waals surface area contributed by atoms with E-state index in [-0.39, 0.29) is 22.6 Å². The number of anilines is 1. The molecule has 3 rings (SSSR count). The fraction of sp³-hybridized carbons (Fsp3) is 0.154. The minimum atomic E-state index is -0.518. The van der Waals surface area contributed by atoms with Crippen LogP contribution in [-0.4, -0.2) is 36.6 Å². The van der Waals surface area contributed by atoms with E-state index in [0.29, 0.717) is 16.9 Å². The largest absolute Gasteiger partial charge is 0.414 e. The Bertz CT molecular complexity index is 841. The second-order valence-corrected chi connectivity index (χ2v) is 6.36. The molecule has 0 aliphatic rings. The molecule has 0 unspecified atom stereocenters. The topological polar surface area (TPSA) is 98.7 Å². The lowest BCUT2D eigenvalue weighted by Gasteiger charge is -2.05. The van der Waals surface area contributed by atoms with Gasteiger partial charge in [0.2, 0.25) is 11.8 Å². The van der Waals surface area contributed by atoms with Crippen LogP contribution in [0.15, 0.2) is 45.0 Å². The molecular weight excluding hydrogens is 403 g/mol. The Labute approximate surface area is 148 Å². The van der Waals surface area contributed by atoms with Crippen molar-refractivity contribution in [2.45, 2.75) is 11.8 Å². The lowest BCUT2D eigenvalue weighted by atomic mass is 10.3. The van der Waals surface area contributed by atoms with Crippen molar-refractivity contribution in [1.29, 1.82) is 0 Å². The summed E-state index contributed by atoms with van der Waals surface area (Å²) in [5.41, 5.74) is 0.112. The van der Waals surface area contributed by atoms with E-state index in [2.05, 4.69) is 41.5 Å². The minimum absolute atomic E-state index is 0.0143. The highest BCUT2D eigenvalue weighted by Gasteiger charge is 2.12. The number of hydrogen-bond acceptors (Lipinski definition) is 7. The number of rotatable bonds is 6. The first-order chi connectivity index (χ1) is 11.6. The molecule has 2 heterocycles. The van der Waals surface area contributed by atoms with Gasteiger partial charge in [-0.3, -0.25) is 4.79 Å². The van der Waals surface area contributed by atoms with Gasteiger partial charge < -0.3 is 9.73 Å². The number of halogens is 2. The van der Waals surface area contributed by atoms with E-state index >= 15 is 0 Å². The van der Waals surface area contributed by atoms with Crippen LogP contribution in [0, 0.1) is 5.82 Å². The zero-order chi connectivity index (χ0) is 16.9. The van der Waals surface area contributed by atoms with E-state index < -0.39 is 5.82 Å². The summed E-state index contributed by atoms with van der Waals surface area (Å²) in [6.07, 6.45) is 2.93. The molecule has 0 aliphatic carbocycles. The van der Waals surface area contributed by atoms with E-state index in [0.717, 1.165) is 11.8 Å². The first kappa shape index (κ1) is 16.6. The lowest BCUT2D eigenvalue weighted by molar-refractivity contribution is -0.113. The van der Waals surface area contributed by atoms with Crippen molar-refractivity contribution in [3.63, 3.8) is 0 Å². The third kappa shape index (κ3) is 4.38. The van der Waals surface area contributed by atoms with Crippen LogP contribution in [0.25, 0.3) is 0 Å². The molecule has 0 atom stereocenters. The molecule has 0 fully saturated rings. The monoisotopic (exact) mass is 412 g/mol. The average molecular weight is 413 g/mol. The van der Waals surface area contributed by atoms with Crippen LogP contribution in [0.3, 0.4) is 0 Å². The van der Waals surface area contributed by atoms with Crippen LogP contribution in [0.1, 0.15) is 5.89 Å². The van der Waals surface area contributed by atoms with Crippen LogP contribution in [0.5, 0.6) is 0 Å². The van der Waals surface area contributed by atoms with Crippen molar-refractivity contribution in [2.24, 2.45) is 0 Å². The molecule has 1 N–H and O–H groups in total. The summed E-state index contributed by atoms with van der Waals surface area (Å²) in [5, 5.41) is 14.3. The Hall–Kier alpha value is -2.27. The summed E-state index contributed by atoms with van der Waals surface area (Å²) in [4.78, 5) is 15.7. The first-order valence-corrected chi connectivity index (χ1v) is 8.40. The van der Waals surface area contributed by atoms with Crippen molar-refractivity contribution in [3.8, 4) is 0 Å². The molecule has 24 heavy (non-hydrogen) atoms. The zero-order valence-electron chi connectivity index (χ0n) is 12.0. The Kier molecular flexibility index (Phi) is 5.20. The summed E-state index contributed by atoms with van der Waals surface area (Å²) in [7, 11) is 0.